The van der Waals surface area contributed by atoms with E-state index >= 15 is 0 Å². The summed E-state index contributed by atoms with van der Waals surface area (Å²) in [6.07, 6.45) is 1.06. The molecule has 0 atom stereocenters. The minimum absolute atomic E-state index is 0.758. The van der Waals surface area contributed by atoms with Crippen LogP contribution in [-0.4, -0.2) is 6.54 Å². The standard InChI is InChI=1S/C13H12Br2ClNS/c14-12-7-10(16)2-1-9(12)8-17-6-5-11-3-4-13(15)18-11/h1-4,7,17H,5-6,8H2. The van der Waals surface area contributed by atoms with Crippen molar-refractivity contribution >= 4 is 54.8 Å². The van der Waals surface area contributed by atoms with Crippen molar-refractivity contribution in [3.63, 3.8) is 0 Å². The zero-order valence-corrected chi connectivity index (χ0v) is 14.3. The first-order valence-corrected chi connectivity index (χ1v) is 8.32. The van der Waals surface area contributed by atoms with Crippen LogP contribution in [0.5, 0.6) is 0 Å². The van der Waals surface area contributed by atoms with Crippen molar-refractivity contribution in [1.29, 1.82) is 0 Å². The van der Waals surface area contributed by atoms with Crippen LogP contribution in [0.1, 0.15) is 10.4 Å². The maximum Gasteiger partial charge on any atom is 0.0701 e. The number of halogens is 3. The molecule has 0 radical (unpaired) electrons. The van der Waals surface area contributed by atoms with Crippen LogP contribution in [0.2, 0.25) is 5.02 Å². The summed E-state index contributed by atoms with van der Waals surface area (Å²) in [6.45, 7) is 1.83. The molecule has 0 amide bonds. The number of rotatable bonds is 5. The average molecular weight is 410 g/mol. The van der Waals surface area contributed by atoms with Crippen LogP contribution >= 0.6 is 54.8 Å². The predicted molar refractivity (Wildman–Crippen MR) is 86.6 cm³/mol. The van der Waals surface area contributed by atoms with E-state index in [1.807, 2.05) is 18.2 Å². The number of hydrogen-bond acceptors (Lipinski definition) is 2. The Hall–Kier alpha value is 0.130. The molecule has 1 heterocycles. The molecule has 0 aliphatic rings. The highest BCUT2D eigenvalue weighted by atomic mass is 79.9. The molecule has 0 spiro atoms. The summed E-state index contributed by atoms with van der Waals surface area (Å²) in [5.74, 6) is 0. The van der Waals surface area contributed by atoms with Crippen molar-refractivity contribution in [3.8, 4) is 0 Å². The predicted octanol–water partition coefficient (Wildman–Crippen LogP) is 5.26. The van der Waals surface area contributed by atoms with Crippen molar-refractivity contribution in [2.24, 2.45) is 0 Å². The average Bonchev–Trinajstić information content (AvgIpc) is 2.73. The zero-order chi connectivity index (χ0) is 13.0. The Labute approximate surface area is 133 Å². The van der Waals surface area contributed by atoms with E-state index in [0.29, 0.717) is 0 Å². The van der Waals surface area contributed by atoms with Crippen LogP contribution < -0.4 is 5.32 Å². The van der Waals surface area contributed by atoms with Crippen LogP contribution in [0.3, 0.4) is 0 Å². The van der Waals surface area contributed by atoms with E-state index in [0.717, 1.165) is 29.0 Å². The van der Waals surface area contributed by atoms with E-state index in [2.05, 4.69) is 49.3 Å². The van der Waals surface area contributed by atoms with Gasteiger partial charge in [0.2, 0.25) is 0 Å². The molecule has 0 fully saturated rings. The first kappa shape index (κ1) is 14.5. The first-order valence-electron chi connectivity index (χ1n) is 5.54. The topological polar surface area (TPSA) is 12.0 Å². The van der Waals surface area contributed by atoms with Gasteiger partial charge in [-0.1, -0.05) is 33.6 Å². The van der Waals surface area contributed by atoms with E-state index in [9.17, 15) is 0 Å². The molecule has 0 unspecified atom stereocenters. The second-order valence-electron chi connectivity index (χ2n) is 3.87. The molecule has 1 nitrogen and oxygen atoms in total. The minimum atomic E-state index is 0.758. The van der Waals surface area contributed by atoms with Gasteiger partial charge in [-0.05, 0) is 52.2 Å². The van der Waals surface area contributed by atoms with Crippen molar-refractivity contribution in [2.75, 3.05) is 6.54 Å². The lowest BCUT2D eigenvalue weighted by molar-refractivity contribution is 0.689. The number of hydrogen-bond donors (Lipinski definition) is 1. The van der Waals surface area contributed by atoms with E-state index in [1.165, 1.54) is 14.2 Å². The fraction of sp³-hybridized carbons (Fsp3) is 0.231. The van der Waals surface area contributed by atoms with Crippen molar-refractivity contribution in [2.45, 2.75) is 13.0 Å². The largest absolute Gasteiger partial charge is 0.312 e. The van der Waals surface area contributed by atoms with Crippen LogP contribution in [0, 0.1) is 0 Å². The van der Waals surface area contributed by atoms with Crippen LogP contribution in [0.4, 0.5) is 0 Å². The van der Waals surface area contributed by atoms with Crippen molar-refractivity contribution < 1.29 is 0 Å². The molecule has 0 aliphatic carbocycles. The zero-order valence-electron chi connectivity index (χ0n) is 9.55. The van der Waals surface area contributed by atoms with Gasteiger partial charge in [0, 0.05) is 27.5 Å². The van der Waals surface area contributed by atoms with Gasteiger partial charge in [-0.2, -0.15) is 0 Å². The van der Waals surface area contributed by atoms with Gasteiger partial charge in [-0.3, -0.25) is 0 Å². The molecule has 5 heteroatoms. The number of thiophene rings is 1. The van der Waals surface area contributed by atoms with Crippen LogP contribution in [-0.2, 0) is 13.0 Å². The summed E-state index contributed by atoms with van der Waals surface area (Å²) in [5.41, 5.74) is 1.23. The highest BCUT2D eigenvalue weighted by molar-refractivity contribution is 9.11. The molecule has 1 aromatic heterocycles. The molecule has 96 valence electrons. The van der Waals surface area contributed by atoms with Gasteiger partial charge in [0.1, 0.15) is 0 Å². The summed E-state index contributed by atoms with van der Waals surface area (Å²) in [5, 5.41) is 4.20. The van der Waals surface area contributed by atoms with Crippen LogP contribution in [0.15, 0.2) is 38.6 Å². The molecule has 1 N–H and O–H groups in total. The summed E-state index contributed by atoms with van der Waals surface area (Å²) < 4.78 is 2.25. The van der Waals surface area contributed by atoms with Gasteiger partial charge in [-0.15, -0.1) is 11.3 Å². The Morgan fingerprint density at radius 1 is 1.17 bits per heavy atom. The molecule has 0 aliphatic heterocycles. The van der Waals surface area contributed by atoms with Gasteiger partial charge >= 0.3 is 0 Å². The lowest BCUT2D eigenvalue weighted by atomic mass is 10.2. The molecular weight excluding hydrogens is 397 g/mol. The Bertz CT molecular complexity index is 527. The normalized spacial score (nSPS) is 10.8. The summed E-state index contributed by atoms with van der Waals surface area (Å²) in [4.78, 5) is 1.39. The maximum absolute atomic E-state index is 5.91. The summed E-state index contributed by atoms with van der Waals surface area (Å²) in [6, 6.07) is 10.1. The second kappa shape index (κ2) is 7.06. The van der Waals surface area contributed by atoms with Gasteiger partial charge in [0.05, 0.1) is 3.79 Å². The molecular formula is C13H12Br2ClNS. The highest BCUT2D eigenvalue weighted by Crippen LogP contribution is 2.23. The maximum atomic E-state index is 5.91. The first-order chi connectivity index (χ1) is 8.65. The Kier molecular flexibility index (Phi) is 5.70. The van der Waals surface area contributed by atoms with Crippen molar-refractivity contribution in [3.05, 3.63) is 54.1 Å². The van der Waals surface area contributed by atoms with Gasteiger partial charge in [0.25, 0.3) is 0 Å². The fourth-order valence-electron chi connectivity index (χ4n) is 1.59. The summed E-state index contributed by atoms with van der Waals surface area (Å²) in [7, 11) is 0. The SMILES string of the molecule is Clc1ccc(CNCCc2ccc(Br)s2)c(Br)c1. The van der Waals surface area contributed by atoms with Crippen LogP contribution in [0.25, 0.3) is 0 Å². The van der Waals surface area contributed by atoms with E-state index in [1.54, 1.807) is 11.3 Å². The third-order valence-corrected chi connectivity index (χ3v) is 5.16. The second-order valence-corrected chi connectivity index (χ2v) is 7.71. The molecule has 2 rings (SSSR count). The smallest absolute Gasteiger partial charge is 0.0701 e. The molecule has 0 saturated heterocycles. The Morgan fingerprint density at radius 3 is 2.67 bits per heavy atom. The molecule has 1 aromatic carbocycles. The molecule has 0 bridgehead atoms. The summed E-state index contributed by atoms with van der Waals surface area (Å²) >= 11 is 14.7. The third-order valence-electron chi connectivity index (χ3n) is 2.51. The quantitative estimate of drug-likeness (QED) is 0.665. The minimum Gasteiger partial charge on any atom is -0.312 e. The number of nitrogens with one attached hydrogen (secondary N) is 1. The lowest BCUT2D eigenvalue weighted by Gasteiger charge is -2.06. The molecule has 2 aromatic rings. The molecule has 0 saturated carbocycles. The van der Waals surface area contributed by atoms with Gasteiger partial charge in [0.15, 0.2) is 0 Å². The van der Waals surface area contributed by atoms with E-state index in [-0.39, 0.29) is 0 Å². The Morgan fingerprint density at radius 2 is 2.00 bits per heavy atom. The van der Waals surface area contributed by atoms with Gasteiger partial charge < -0.3 is 5.32 Å². The van der Waals surface area contributed by atoms with Gasteiger partial charge in [-0.25, -0.2) is 0 Å². The number of benzene rings is 1. The monoisotopic (exact) mass is 407 g/mol. The Balaban J connectivity index is 1.78. The van der Waals surface area contributed by atoms with E-state index in [4.69, 9.17) is 11.6 Å². The highest BCUT2D eigenvalue weighted by Gasteiger charge is 2.01. The fourth-order valence-corrected chi connectivity index (χ4v) is 3.89. The molecule has 18 heavy (non-hydrogen) atoms. The lowest BCUT2D eigenvalue weighted by Crippen LogP contribution is -2.16. The van der Waals surface area contributed by atoms with E-state index < -0.39 is 0 Å². The third kappa shape index (κ3) is 4.35. The van der Waals surface area contributed by atoms with Crippen molar-refractivity contribution in [1.82, 2.24) is 5.32 Å².